The van der Waals surface area contributed by atoms with Gasteiger partial charge in [0.1, 0.15) is 42.3 Å². The average Bonchev–Trinajstić information content (AvgIpc) is 0.743. The molecule has 528 valence electrons. The lowest BCUT2D eigenvalue weighted by atomic mass is 9.96. The van der Waals surface area contributed by atoms with E-state index in [9.17, 15) is 0 Å². The van der Waals surface area contributed by atoms with E-state index >= 15 is 0 Å². The van der Waals surface area contributed by atoms with E-state index in [-0.39, 0.29) is 11.1 Å². The molecule has 0 bridgehead atoms. The van der Waals surface area contributed by atoms with E-state index in [2.05, 4.69) is 220 Å². The normalized spacial score (nSPS) is 14.8. The van der Waals surface area contributed by atoms with Gasteiger partial charge in [-0.3, -0.25) is 0 Å². The van der Waals surface area contributed by atoms with Gasteiger partial charge >= 0.3 is 0 Å². The summed E-state index contributed by atoms with van der Waals surface area (Å²) in [6.07, 6.45) is 7.76. The third-order valence-electron chi connectivity index (χ3n) is 18.4. The summed E-state index contributed by atoms with van der Waals surface area (Å²) in [6.45, 7) is 22.5. The Morgan fingerprint density at radius 3 is 1.18 bits per heavy atom. The molecule has 2 unspecified atom stereocenters. The Labute approximate surface area is 637 Å². The lowest BCUT2D eigenvalue weighted by Crippen LogP contribution is -2.32. The molecular formula is C96H120N6+6. The second kappa shape index (κ2) is 37.8. The molecule has 6 heterocycles. The Kier molecular flexibility index (Phi) is 22.2. The fourth-order valence-electron chi connectivity index (χ4n) is 12.7. The summed E-state index contributed by atoms with van der Waals surface area (Å²) in [6, 6.07) is 67.7. The fourth-order valence-corrected chi connectivity index (χ4v) is 12.7. The zero-order valence-electron chi connectivity index (χ0n) is 79.4. The van der Waals surface area contributed by atoms with Crippen molar-refractivity contribution in [3.63, 3.8) is 0 Å². The summed E-state index contributed by atoms with van der Waals surface area (Å²) in [5.74, 6) is -2.71. The van der Waals surface area contributed by atoms with E-state index in [0.29, 0.717) is 17.4 Å². The molecule has 0 aliphatic heterocycles. The van der Waals surface area contributed by atoms with Gasteiger partial charge in [-0.2, -0.15) is 0 Å². The molecule has 0 spiro atoms. The molecule has 0 N–H and O–H groups in total. The van der Waals surface area contributed by atoms with Gasteiger partial charge in [-0.25, -0.2) is 27.4 Å². The van der Waals surface area contributed by atoms with Crippen molar-refractivity contribution in [1.82, 2.24) is 0 Å². The van der Waals surface area contributed by atoms with Crippen LogP contribution in [0.3, 0.4) is 0 Å². The summed E-state index contributed by atoms with van der Waals surface area (Å²) in [5.41, 5.74) is 28.2. The van der Waals surface area contributed by atoms with Crippen LogP contribution in [0.1, 0.15) is 178 Å². The molecular weight excluding hydrogens is 1240 g/mol. The molecule has 0 aliphatic carbocycles. The molecule has 12 aromatic rings. The van der Waals surface area contributed by atoms with Crippen LogP contribution in [0.2, 0.25) is 0 Å². The molecule has 6 aromatic carbocycles. The van der Waals surface area contributed by atoms with E-state index in [1.165, 1.54) is 85.2 Å². The van der Waals surface area contributed by atoms with E-state index in [0.717, 1.165) is 57.4 Å². The maximum atomic E-state index is 8.25. The smallest absolute Gasteiger partial charge is 0.201 e. The first-order valence-electron chi connectivity index (χ1n) is 42.7. The Morgan fingerprint density at radius 2 is 0.735 bits per heavy atom. The standard InChI is InChI=1S/3C17H22N.C16H20N.C15H18N.C14H16N/c1-12(2)16-10-17(18(5)11-14(16)4)15-9-7-6-8-13(15)3;1-12(2)16-11-18(5)17(10-14(16)4)15-9-7-6-8-13(15)3;1-13(2)11-15-8-9-16(14(3)12-15)17-7-5-6-10-18(17)4;1-12(2)14-8-9-15(13(3)11-14)16-7-5-6-10-17(16)4;1-4-13-8-9-14(12(2)11-13)15-7-5-6-10-16(15)3;1-11-7-8-12(2)13(10-11)14-6-4-5-9-15(14)3/h2*6-12H,1-5H3;5-10,12-13H,11H2,1-4H3;5-12H,1-4H3;5-11H,4H2,1-3H3;4-10H,1-3H3/q6*+1/i;;1D3,11D2,13D;1D3,12D;1D3,4D2;. The largest absolute Gasteiger partial charge is 0.212 e. The van der Waals surface area contributed by atoms with Crippen LogP contribution in [0.5, 0.6) is 0 Å². The van der Waals surface area contributed by atoms with Crippen LogP contribution in [0, 0.1) is 68.2 Å². The Hall–Kier alpha value is -9.78. The zero-order valence-corrected chi connectivity index (χ0v) is 64.4. The van der Waals surface area contributed by atoms with Gasteiger partial charge in [-0.15, -0.1) is 0 Å². The summed E-state index contributed by atoms with van der Waals surface area (Å²) >= 11 is 0. The first kappa shape index (κ1) is 59.9. The topological polar surface area (TPSA) is 23.3 Å². The van der Waals surface area contributed by atoms with Crippen molar-refractivity contribution in [2.24, 2.45) is 48.2 Å². The highest BCUT2D eigenvalue weighted by molar-refractivity contribution is 5.66. The average molecular weight is 1370 g/mol. The molecule has 0 radical (unpaired) electrons. The Morgan fingerprint density at radius 1 is 0.324 bits per heavy atom. The Balaban J connectivity index is 0.000000195. The minimum Gasteiger partial charge on any atom is -0.201 e. The number of benzene rings is 6. The first-order valence-corrected chi connectivity index (χ1v) is 35.2. The van der Waals surface area contributed by atoms with Crippen molar-refractivity contribution in [1.29, 1.82) is 0 Å². The maximum Gasteiger partial charge on any atom is 0.212 e. The van der Waals surface area contributed by atoms with Crippen LogP contribution < -0.4 is 27.4 Å². The van der Waals surface area contributed by atoms with E-state index in [1.54, 1.807) is 42.5 Å². The van der Waals surface area contributed by atoms with Crippen LogP contribution in [-0.2, 0) is 55.0 Å². The van der Waals surface area contributed by atoms with Crippen molar-refractivity contribution in [3.8, 4) is 67.5 Å². The summed E-state index contributed by atoms with van der Waals surface area (Å²) < 4.78 is 128. The first-order chi connectivity index (χ1) is 54.4. The molecule has 6 heteroatoms. The second-order valence-corrected chi connectivity index (χ2v) is 27.4. The van der Waals surface area contributed by atoms with Gasteiger partial charge < -0.3 is 0 Å². The molecule has 12 rings (SSSR count). The van der Waals surface area contributed by atoms with Crippen LogP contribution in [0.25, 0.3) is 67.5 Å². The van der Waals surface area contributed by atoms with E-state index in [1.807, 2.05) is 141 Å². The second-order valence-electron chi connectivity index (χ2n) is 27.4. The molecule has 102 heavy (non-hydrogen) atoms. The van der Waals surface area contributed by atoms with Gasteiger partial charge in [0.2, 0.25) is 34.2 Å². The van der Waals surface area contributed by atoms with Crippen molar-refractivity contribution in [2.45, 2.75) is 155 Å². The monoisotopic (exact) mass is 1370 g/mol. The highest BCUT2D eigenvalue weighted by Crippen LogP contribution is 2.30. The lowest BCUT2D eigenvalue weighted by Gasteiger charge is -2.11. The number of hydrogen-bond acceptors (Lipinski definition) is 0. The molecule has 0 saturated carbocycles. The van der Waals surface area contributed by atoms with Gasteiger partial charge in [-0.1, -0.05) is 153 Å². The Bertz CT molecular complexity index is 5310. The number of pyridine rings is 6. The van der Waals surface area contributed by atoms with Crippen LogP contribution >= 0.6 is 0 Å². The number of aromatic nitrogens is 6. The van der Waals surface area contributed by atoms with Crippen LogP contribution in [-0.4, -0.2) is 0 Å². The summed E-state index contributed by atoms with van der Waals surface area (Å²) in [7, 11) is 12.2. The molecule has 2 atom stereocenters. The fraction of sp³-hybridized carbons (Fsp3) is 0.312. The number of rotatable bonds is 12. The third kappa shape index (κ3) is 21.6. The molecule has 0 aliphatic rings. The number of nitrogens with zero attached hydrogens (tertiary/aromatic N) is 6. The van der Waals surface area contributed by atoms with Crippen molar-refractivity contribution >= 4 is 0 Å². The maximum absolute atomic E-state index is 8.25. The van der Waals surface area contributed by atoms with Gasteiger partial charge in [0.05, 0.1) is 0 Å². The van der Waals surface area contributed by atoms with Gasteiger partial charge in [0.25, 0.3) is 0 Å². The predicted molar refractivity (Wildman–Crippen MR) is 431 cm³/mol. The molecule has 0 saturated heterocycles. The van der Waals surface area contributed by atoms with E-state index < -0.39 is 45.1 Å². The lowest BCUT2D eigenvalue weighted by molar-refractivity contribution is -0.661. The van der Waals surface area contributed by atoms with Gasteiger partial charge in [-0.05, 0) is 221 Å². The SMILES string of the molecule is Cc1ccc(C)c(-c2cccc[n+]2C)c1.Cc1ccccc1-c1cc(C(C)C)c(C)c[n+]1C.Cc1ccccc1-c1cc(C)c(C(C)C)c[n+]1C.[2H]C([2H])([2H])C([2H])(C)C([2H])([2H])c1ccc(-c2cccc[n+]2C)c(C)c1.[2H]C([2H])([2H])C([2H])(C)c1ccc(-c2cccc[n+]2C)c(C)c1.[2H]C([2H])([2H])C([2H])([2H])c1ccc(-c2cccc[n+]2C)c(C)c1. The van der Waals surface area contributed by atoms with Gasteiger partial charge in [0.15, 0.2) is 37.2 Å². The predicted octanol–water partition coefficient (Wildman–Crippen LogP) is 21.0. The summed E-state index contributed by atoms with van der Waals surface area (Å²) in [5, 5.41) is 0. The van der Waals surface area contributed by atoms with Crippen molar-refractivity contribution in [2.75, 3.05) is 0 Å². The quantitative estimate of drug-likeness (QED) is 0.109. The van der Waals surface area contributed by atoms with E-state index in [4.69, 9.17) is 20.6 Å². The highest BCUT2D eigenvalue weighted by atomic mass is 14.9. The minimum absolute atomic E-state index is 0.183. The van der Waals surface area contributed by atoms with Crippen LogP contribution in [0.4, 0.5) is 0 Å². The molecule has 0 fully saturated rings. The van der Waals surface area contributed by atoms with Crippen molar-refractivity contribution < 1.29 is 48.0 Å². The molecule has 0 amide bonds. The molecule has 6 nitrogen and oxygen atoms in total. The summed E-state index contributed by atoms with van der Waals surface area (Å²) in [4.78, 5) is 0. The third-order valence-corrected chi connectivity index (χ3v) is 18.4. The van der Waals surface area contributed by atoms with Gasteiger partial charge in [0, 0.05) is 126 Å². The van der Waals surface area contributed by atoms with Crippen LogP contribution in [0.15, 0.2) is 243 Å². The highest BCUT2D eigenvalue weighted by Gasteiger charge is 2.20. The number of aryl methyl sites for hydroxylation is 16. The minimum atomic E-state index is -2.73. The zero-order chi connectivity index (χ0) is 87.4. The molecule has 6 aromatic heterocycles. The van der Waals surface area contributed by atoms with Crippen molar-refractivity contribution in [3.05, 3.63) is 321 Å². The number of hydrogen-bond donors (Lipinski definition) is 0.